The second kappa shape index (κ2) is 6.69. The number of nitrogens with one attached hydrogen (secondary N) is 1. The van der Waals surface area contributed by atoms with Crippen molar-refractivity contribution in [1.82, 2.24) is 10.2 Å². The SMILES string of the molecule is CCN1CCCC1CNCc1ccc(C)c(Br)c1. The summed E-state index contributed by atoms with van der Waals surface area (Å²) in [5, 5.41) is 3.59. The zero-order valence-electron chi connectivity index (χ0n) is 11.4. The lowest BCUT2D eigenvalue weighted by Gasteiger charge is -2.23. The van der Waals surface area contributed by atoms with Gasteiger partial charge in [-0.1, -0.05) is 35.0 Å². The van der Waals surface area contributed by atoms with Gasteiger partial charge in [-0.2, -0.15) is 0 Å². The van der Waals surface area contributed by atoms with Crippen LogP contribution in [-0.4, -0.2) is 30.6 Å². The first-order valence-corrected chi connectivity index (χ1v) is 7.69. The molecule has 1 fully saturated rings. The fourth-order valence-corrected chi connectivity index (χ4v) is 3.10. The van der Waals surface area contributed by atoms with Gasteiger partial charge in [-0.25, -0.2) is 0 Å². The third-order valence-electron chi connectivity index (χ3n) is 3.85. The maximum Gasteiger partial charge on any atom is 0.0221 e. The molecule has 2 rings (SSSR count). The molecule has 1 saturated heterocycles. The van der Waals surface area contributed by atoms with Crippen molar-refractivity contribution in [2.75, 3.05) is 19.6 Å². The molecule has 0 bridgehead atoms. The summed E-state index contributed by atoms with van der Waals surface area (Å²) in [4.78, 5) is 2.58. The second-order valence-electron chi connectivity index (χ2n) is 5.14. The predicted octanol–water partition coefficient (Wildman–Crippen LogP) is 3.33. The molecule has 0 spiro atoms. The van der Waals surface area contributed by atoms with Crippen molar-refractivity contribution < 1.29 is 0 Å². The summed E-state index contributed by atoms with van der Waals surface area (Å²) < 4.78 is 1.21. The number of aryl methyl sites for hydroxylation is 1. The smallest absolute Gasteiger partial charge is 0.0221 e. The van der Waals surface area contributed by atoms with E-state index in [1.54, 1.807) is 0 Å². The van der Waals surface area contributed by atoms with Crippen LogP contribution in [-0.2, 0) is 6.54 Å². The van der Waals surface area contributed by atoms with E-state index in [1.807, 2.05) is 0 Å². The monoisotopic (exact) mass is 310 g/mol. The van der Waals surface area contributed by atoms with E-state index in [4.69, 9.17) is 0 Å². The van der Waals surface area contributed by atoms with Crippen LogP contribution in [0.25, 0.3) is 0 Å². The highest BCUT2D eigenvalue weighted by molar-refractivity contribution is 9.10. The minimum absolute atomic E-state index is 0.740. The van der Waals surface area contributed by atoms with E-state index in [0.717, 1.165) is 19.1 Å². The summed E-state index contributed by atoms with van der Waals surface area (Å²) in [6.45, 7) is 8.92. The molecule has 1 N–H and O–H groups in total. The van der Waals surface area contributed by atoms with E-state index >= 15 is 0 Å². The van der Waals surface area contributed by atoms with Gasteiger partial charge in [0.2, 0.25) is 0 Å². The average molecular weight is 311 g/mol. The summed E-state index contributed by atoms with van der Waals surface area (Å²) >= 11 is 3.59. The Morgan fingerprint density at radius 3 is 3.00 bits per heavy atom. The minimum Gasteiger partial charge on any atom is -0.311 e. The number of nitrogens with zero attached hydrogens (tertiary/aromatic N) is 1. The normalized spacial score (nSPS) is 20.5. The molecule has 18 heavy (non-hydrogen) atoms. The molecule has 1 unspecified atom stereocenters. The molecule has 100 valence electrons. The van der Waals surface area contributed by atoms with Gasteiger partial charge in [0.05, 0.1) is 0 Å². The molecule has 1 heterocycles. The zero-order valence-corrected chi connectivity index (χ0v) is 13.0. The molecule has 1 aromatic rings. The molecule has 1 aliphatic heterocycles. The zero-order chi connectivity index (χ0) is 13.0. The fraction of sp³-hybridized carbons (Fsp3) is 0.600. The molecule has 3 heteroatoms. The van der Waals surface area contributed by atoms with Crippen LogP contribution in [0.1, 0.15) is 30.9 Å². The van der Waals surface area contributed by atoms with Crippen molar-refractivity contribution in [3.63, 3.8) is 0 Å². The Bertz CT molecular complexity index is 392. The molecule has 0 amide bonds. The van der Waals surface area contributed by atoms with Gasteiger partial charge < -0.3 is 5.32 Å². The Labute approximate surface area is 119 Å². The van der Waals surface area contributed by atoms with Crippen LogP contribution in [0, 0.1) is 6.92 Å². The summed E-state index contributed by atoms with van der Waals surface area (Å²) in [7, 11) is 0. The van der Waals surface area contributed by atoms with Crippen LogP contribution in [0.2, 0.25) is 0 Å². The third kappa shape index (κ3) is 3.56. The van der Waals surface area contributed by atoms with Gasteiger partial charge in [-0.3, -0.25) is 4.90 Å². The largest absolute Gasteiger partial charge is 0.311 e. The van der Waals surface area contributed by atoms with Crippen LogP contribution in [0.15, 0.2) is 22.7 Å². The second-order valence-corrected chi connectivity index (χ2v) is 5.99. The third-order valence-corrected chi connectivity index (χ3v) is 4.70. The number of hydrogen-bond acceptors (Lipinski definition) is 2. The van der Waals surface area contributed by atoms with Gasteiger partial charge in [0, 0.05) is 23.6 Å². The van der Waals surface area contributed by atoms with E-state index in [2.05, 4.69) is 58.2 Å². The van der Waals surface area contributed by atoms with Gasteiger partial charge in [-0.05, 0) is 50.0 Å². The van der Waals surface area contributed by atoms with E-state index in [-0.39, 0.29) is 0 Å². The first-order chi connectivity index (χ1) is 8.70. The van der Waals surface area contributed by atoms with Gasteiger partial charge in [-0.15, -0.1) is 0 Å². The number of likely N-dealkylation sites (N-methyl/N-ethyl adjacent to an activating group) is 1. The summed E-state index contributed by atoms with van der Waals surface area (Å²) in [6, 6.07) is 7.34. The standard InChI is InChI=1S/C15H23BrN2/c1-3-18-8-4-5-14(18)11-17-10-13-7-6-12(2)15(16)9-13/h6-7,9,14,17H,3-5,8,10-11H2,1-2H3. The summed E-state index contributed by atoms with van der Waals surface area (Å²) in [5.41, 5.74) is 2.65. The summed E-state index contributed by atoms with van der Waals surface area (Å²) in [6.07, 6.45) is 2.70. The van der Waals surface area contributed by atoms with Crippen LogP contribution >= 0.6 is 15.9 Å². The van der Waals surface area contributed by atoms with E-state index in [0.29, 0.717) is 0 Å². The highest BCUT2D eigenvalue weighted by atomic mass is 79.9. The van der Waals surface area contributed by atoms with Crippen LogP contribution in [0.4, 0.5) is 0 Å². The molecular weight excluding hydrogens is 288 g/mol. The molecule has 1 aromatic carbocycles. The Hall–Kier alpha value is -0.380. The number of likely N-dealkylation sites (tertiary alicyclic amines) is 1. The maximum absolute atomic E-state index is 3.59. The molecule has 0 radical (unpaired) electrons. The van der Waals surface area contributed by atoms with E-state index in [9.17, 15) is 0 Å². The average Bonchev–Trinajstić information content (AvgIpc) is 2.81. The van der Waals surface area contributed by atoms with Crippen molar-refractivity contribution in [2.24, 2.45) is 0 Å². The van der Waals surface area contributed by atoms with Crippen LogP contribution in [0.3, 0.4) is 0 Å². The molecule has 1 aliphatic rings. The number of hydrogen-bond donors (Lipinski definition) is 1. The minimum atomic E-state index is 0.740. The van der Waals surface area contributed by atoms with Crippen LogP contribution < -0.4 is 5.32 Å². The topological polar surface area (TPSA) is 15.3 Å². The first-order valence-electron chi connectivity index (χ1n) is 6.90. The number of halogens is 1. The fourth-order valence-electron chi connectivity index (χ4n) is 2.67. The van der Waals surface area contributed by atoms with Gasteiger partial charge in [0.1, 0.15) is 0 Å². The Morgan fingerprint density at radius 1 is 1.44 bits per heavy atom. The quantitative estimate of drug-likeness (QED) is 0.897. The Morgan fingerprint density at radius 2 is 2.28 bits per heavy atom. The van der Waals surface area contributed by atoms with Crippen molar-refractivity contribution in [3.8, 4) is 0 Å². The number of benzene rings is 1. The molecule has 1 atom stereocenters. The molecule has 0 saturated carbocycles. The first kappa shape index (κ1) is 14.0. The van der Waals surface area contributed by atoms with Gasteiger partial charge >= 0.3 is 0 Å². The lowest BCUT2D eigenvalue weighted by molar-refractivity contribution is 0.260. The van der Waals surface area contributed by atoms with E-state index < -0.39 is 0 Å². The predicted molar refractivity (Wildman–Crippen MR) is 80.9 cm³/mol. The van der Waals surface area contributed by atoms with Crippen molar-refractivity contribution >= 4 is 15.9 Å². The van der Waals surface area contributed by atoms with Crippen molar-refractivity contribution in [2.45, 2.75) is 39.3 Å². The van der Waals surface area contributed by atoms with Gasteiger partial charge in [0.25, 0.3) is 0 Å². The van der Waals surface area contributed by atoms with E-state index in [1.165, 1.54) is 41.5 Å². The lowest BCUT2D eigenvalue weighted by atomic mass is 10.1. The Balaban J connectivity index is 1.79. The molecule has 0 aliphatic carbocycles. The van der Waals surface area contributed by atoms with Crippen molar-refractivity contribution in [3.05, 3.63) is 33.8 Å². The lowest BCUT2D eigenvalue weighted by Crippen LogP contribution is -2.37. The van der Waals surface area contributed by atoms with Crippen LogP contribution in [0.5, 0.6) is 0 Å². The van der Waals surface area contributed by atoms with Crippen molar-refractivity contribution in [1.29, 1.82) is 0 Å². The molecular formula is C15H23BrN2. The molecule has 2 nitrogen and oxygen atoms in total. The number of rotatable bonds is 5. The highest BCUT2D eigenvalue weighted by Crippen LogP contribution is 2.18. The summed E-state index contributed by atoms with van der Waals surface area (Å²) in [5.74, 6) is 0. The molecule has 0 aromatic heterocycles. The van der Waals surface area contributed by atoms with Gasteiger partial charge in [0.15, 0.2) is 0 Å². The maximum atomic E-state index is 3.59. The Kier molecular flexibility index (Phi) is 5.22. The highest BCUT2D eigenvalue weighted by Gasteiger charge is 2.21.